The molecule has 1 rings (SSSR count). The summed E-state index contributed by atoms with van der Waals surface area (Å²) in [7, 11) is 0. The summed E-state index contributed by atoms with van der Waals surface area (Å²) in [5, 5.41) is 13.3. The van der Waals surface area contributed by atoms with Crippen molar-refractivity contribution in [1.82, 2.24) is 5.32 Å². The number of ether oxygens (including phenoxy) is 1. The van der Waals surface area contributed by atoms with Gasteiger partial charge in [0.1, 0.15) is 5.82 Å². The first-order chi connectivity index (χ1) is 9.68. The second-order valence-electron chi connectivity index (χ2n) is 5.26. The van der Waals surface area contributed by atoms with Crippen LogP contribution in [0.2, 0.25) is 0 Å². The maximum Gasteiger partial charge on any atom is 0.270 e. The van der Waals surface area contributed by atoms with Crippen molar-refractivity contribution >= 4 is 11.6 Å². The summed E-state index contributed by atoms with van der Waals surface area (Å²) >= 11 is 0. The SMILES string of the molecule is CCOC(C)(C)CNC(=O)c1cc([N+](=O)[O-])cc(C)c1F. The molecule has 0 aliphatic carbocycles. The molecule has 0 spiro atoms. The van der Waals surface area contributed by atoms with E-state index in [4.69, 9.17) is 4.74 Å². The summed E-state index contributed by atoms with van der Waals surface area (Å²) in [6.45, 7) is 7.42. The highest BCUT2D eigenvalue weighted by Gasteiger charge is 2.23. The normalized spacial score (nSPS) is 11.3. The zero-order chi connectivity index (χ0) is 16.2. The standard InChI is InChI=1S/C14H19FN2O4/c1-5-21-14(3,4)8-16-13(18)11-7-10(17(19)20)6-9(2)12(11)15/h6-7H,5,8H2,1-4H3,(H,16,18). The summed E-state index contributed by atoms with van der Waals surface area (Å²) in [5.74, 6) is -1.46. The van der Waals surface area contributed by atoms with Crippen molar-refractivity contribution in [3.8, 4) is 0 Å². The summed E-state index contributed by atoms with van der Waals surface area (Å²) in [6, 6.07) is 2.03. The van der Waals surface area contributed by atoms with E-state index in [1.807, 2.05) is 6.92 Å². The molecular weight excluding hydrogens is 279 g/mol. The van der Waals surface area contributed by atoms with E-state index in [9.17, 15) is 19.3 Å². The Hall–Kier alpha value is -2.02. The van der Waals surface area contributed by atoms with Gasteiger partial charge in [-0.05, 0) is 33.3 Å². The van der Waals surface area contributed by atoms with Crippen LogP contribution in [0.1, 0.15) is 36.7 Å². The predicted molar refractivity (Wildman–Crippen MR) is 75.8 cm³/mol. The lowest BCUT2D eigenvalue weighted by molar-refractivity contribution is -0.385. The van der Waals surface area contributed by atoms with Crippen LogP contribution < -0.4 is 5.32 Å². The third-order valence-corrected chi connectivity index (χ3v) is 2.90. The topological polar surface area (TPSA) is 81.5 Å². The number of nitrogens with one attached hydrogen (secondary N) is 1. The molecule has 1 aromatic carbocycles. The number of hydrogen-bond acceptors (Lipinski definition) is 4. The minimum atomic E-state index is -0.757. The van der Waals surface area contributed by atoms with E-state index < -0.39 is 22.2 Å². The highest BCUT2D eigenvalue weighted by atomic mass is 19.1. The lowest BCUT2D eigenvalue weighted by atomic mass is 10.1. The van der Waals surface area contributed by atoms with Crippen LogP contribution in [0.25, 0.3) is 0 Å². The molecule has 0 atom stereocenters. The molecule has 0 aliphatic heterocycles. The fraction of sp³-hybridized carbons (Fsp3) is 0.500. The number of carbonyl (C=O) groups excluding carboxylic acids is 1. The number of hydrogen-bond donors (Lipinski definition) is 1. The fourth-order valence-corrected chi connectivity index (χ4v) is 1.85. The highest BCUT2D eigenvalue weighted by molar-refractivity contribution is 5.95. The lowest BCUT2D eigenvalue weighted by Gasteiger charge is -2.24. The van der Waals surface area contributed by atoms with Crippen molar-refractivity contribution in [2.45, 2.75) is 33.3 Å². The maximum atomic E-state index is 13.9. The molecule has 0 radical (unpaired) electrons. The molecule has 0 fully saturated rings. The average molecular weight is 298 g/mol. The number of amides is 1. The van der Waals surface area contributed by atoms with Crippen LogP contribution in [0.15, 0.2) is 12.1 Å². The Morgan fingerprint density at radius 3 is 2.62 bits per heavy atom. The summed E-state index contributed by atoms with van der Waals surface area (Å²) < 4.78 is 19.4. The molecule has 7 heteroatoms. The summed E-state index contributed by atoms with van der Waals surface area (Å²) in [5.41, 5.74) is -1.20. The molecule has 0 aliphatic rings. The van der Waals surface area contributed by atoms with Crippen LogP contribution >= 0.6 is 0 Å². The van der Waals surface area contributed by atoms with E-state index in [0.29, 0.717) is 6.61 Å². The van der Waals surface area contributed by atoms with Crippen LogP contribution in [-0.2, 0) is 4.74 Å². The molecule has 1 N–H and O–H groups in total. The summed E-state index contributed by atoms with van der Waals surface area (Å²) in [6.07, 6.45) is 0. The van der Waals surface area contributed by atoms with Crippen molar-refractivity contribution in [2.24, 2.45) is 0 Å². The van der Waals surface area contributed by atoms with Gasteiger partial charge in [-0.15, -0.1) is 0 Å². The van der Waals surface area contributed by atoms with Crippen LogP contribution in [0.3, 0.4) is 0 Å². The van der Waals surface area contributed by atoms with E-state index in [-0.39, 0.29) is 23.4 Å². The van der Waals surface area contributed by atoms with Gasteiger partial charge in [0, 0.05) is 25.3 Å². The number of nitro groups is 1. The number of nitro benzene ring substituents is 1. The van der Waals surface area contributed by atoms with Crippen LogP contribution in [0.4, 0.5) is 10.1 Å². The quantitative estimate of drug-likeness (QED) is 0.646. The molecule has 6 nitrogen and oxygen atoms in total. The molecule has 1 aromatic rings. The van der Waals surface area contributed by atoms with Crippen molar-refractivity contribution < 1.29 is 18.8 Å². The minimum absolute atomic E-state index is 0.0541. The van der Waals surface area contributed by atoms with Crippen LogP contribution in [-0.4, -0.2) is 29.6 Å². The van der Waals surface area contributed by atoms with E-state index in [0.717, 1.165) is 12.1 Å². The Morgan fingerprint density at radius 1 is 1.48 bits per heavy atom. The van der Waals surface area contributed by atoms with Gasteiger partial charge < -0.3 is 10.1 Å². The Bertz CT molecular complexity index is 558. The Balaban J connectivity index is 2.95. The Kier molecular flexibility index (Phi) is 5.37. The number of carbonyl (C=O) groups is 1. The van der Waals surface area contributed by atoms with Gasteiger partial charge in [-0.3, -0.25) is 14.9 Å². The predicted octanol–water partition coefficient (Wildman–Crippen LogP) is 2.59. The van der Waals surface area contributed by atoms with E-state index in [1.54, 1.807) is 13.8 Å². The molecule has 0 heterocycles. The largest absolute Gasteiger partial charge is 0.374 e. The fourth-order valence-electron chi connectivity index (χ4n) is 1.85. The van der Waals surface area contributed by atoms with E-state index in [1.165, 1.54) is 6.92 Å². The van der Waals surface area contributed by atoms with E-state index >= 15 is 0 Å². The zero-order valence-electron chi connectivity index (χ0n) is 12.5. The molecule has 1 amide bonds. The summed E-state index contributed by atoms with van der Waals surface area (Å²) in [4.78, 5) is 22.1. The van der Waals surface area contributed by atoms with Gasteiger partial charge in [0.05, 0.1) is 16.1 Å². The number of benzene rings is 1. The van der Waals surface area contributed by atoms with Gasteiger partial charge in [-0.1, -0.05) is 0 Å². The van der Waals surface area contributed by atoms with Gasteiger partial charge in [-0.25, -0.2) is 4.39 Å². The number of nitrogens with zero attached hydrogens (tertiary/aromatic N) is 1. The first-order valence-electron chi connectivity index (χ1n) is 6.54. The number of aryl methyl sites for hydroxylation is 1. The molecule has 0 unspecified atom stereocenters. The van der Waals surface area contributed by atoms with Crippen LogP contribution in [0.5, 0.6) is 0 Å². The van der Waals surface area contributed by atoms with Crippen LogP contribution in [0, 0.1) is 22.9 Å². The molecule has 0 bridgehead atoms. The lowest BCUT2D eigenvalue weighted by Crippen LogP contribution is -2.40. The van der Waals surface area contributed by atoms with Crippen molar-refractivity contribution in [2.75, 3.05) is 13.2 Å². The average Bonchev–Trinajstić information content (AvgIpc) is 2.38. The van der Waals surface area contributed by atoms with Gasteiger partial charge in [-0.2, -0.15) is 0 Å². The molecule has 116 valence electrons. The van der Waals surface area contributed by atoms with Crippen molar-refractivity contribution in [1.29, 1.82) is 0 Å². The van der Waals surface area contributed by atoms with E-state index in [2.05, 4.69) is 5.32 Å². The van der Waals surface area contributed by atoms with Gasteiger partial charge >= 0.3 is 0 Å². The zero-order valence-corrected chi connectivity index (χ0v) is 12.5. The first-order valence-corrected chi connectivity index (χ1v) is 6.54. The molecule has 21 heavy (non-hydrogen) atoms. The first kappa shape index (κ1) is 17.0. The number of rotatable bonds is 6. The van der Waals surface area contributed by atoms with Crippen molar-refractivity contribution in [3.63, 3.8) is 0 Å². The van der Waals surface area contributed by atoms with Gasteiger partial charge in [0.25, 0.3) is 11.6 Å². The minimum Gasteiger partial charge on any atom is -0.374 e. The Morgan fingerprint density at radius 2 is 2.10 bits per heavy atom. The third-order valence-electron chi connectivity index (χ3n) is 2.90. The van der Waals surface area contributed by atoms with Crippen molar-refractivity contribution in [3.05, 3.63) is 39.2 Å². The smallest absolute Gasteiger partial charge is 0.270 e. The molecule has 0 saturated carbocycles. The second-order valence-corrected chi connectivity index (χ2v) is 5.26. The second kappa shape index (κ2) is 6.62. The number of non-ortho nitro benzene ring substituents is 1. The van der Waals surface area contributed by atoms with Gasteiger partial charge in [0.2, 0.25) is 0 Å². The number of halogens is 1. The van der Waals surface area contributed by atoms with Gasteiger partial charge in [0.15, 0.2) is 0 Å². The molecule has 0 aromatic heterocycles. The highest BCUT2D eigenvalue weighted by Crippen LogP contribution is 2.21. The molecular formula is C14H19FN2O4. The third kappa shape index (κ3) is 4.49. The Labute approximate surface area is 122 Å². The monoisotopic (exact) mass is 298 g/mol. The molecule has 0 saturated heterocycles. The maximum absolute atomic E-state index is 13.9.